The minimum absolute atomic E-state index is 0.131. The molecule has 0 amide bonds. The fourth-order valence-electron chi connectivity index (χ4n) is 3.00. The van der Waals surface area contributed by atoms with E-state index in [0.717, 1.165) is 19.5 Å². The van der Waals surface area contributed by atoms with E-state index in [0.29, 0.717) is 5.92 Å². The first-order valence-corrected chi connectivity index (χ1v) is 11.1. The second-order valence-electron chi connectivity index (χ2n) is 8.69. The van der Waals surface area contributed by atoms with Crippen LogP contribution in [-0.4, -0.2) is 26.1 Å². The zero-order valence-electron chi connectivity index (χ0n) is 17.8. The molecule has 3 nitrogen and oxygen atoms in total. The number of benzene rings is 2. The number of hydrogen-bond donors (Lipinski definition) is 0. The Kier molecular flexibility index (Phi) is 8.58. The van der Waals surface area contributed by atoms with Crippen molar-refractivity contribution >= 4 is 17.2 Å². The molecule has 2 atom stereocenters. The average Bonchev–Trinajstić information content (AvgIpc) is 2.65. The van der Waals surface area contributed by atoms with Gasteiger partial charge >= 0.3 is 0 Å². The molecule has 4 heteroatoms. The Bertz CT molecular complexity index is 710. The van der Waals surface area contributed by atoms with Gasteiger partial charge in [0.15, 0.2) is 0 Å². The molecule has 0 aliphatic rings. The van der Waals surface area contributed by atoms with Gasteiger partial charge in [-0.15, -0.1) is 0 Å². The van der Waals surface area contributed by atoms with Crippen LogP contribution in [0.2, 0.25) is 0 Å². The molecule has 0 spiro atoms. The zero-order valence-corrected chi connectivity index (χ0v) is 18.7. The Morgan fingerprint density at radius 3 is 1.79 bits per heavy atom. The van der Waals surface area contributed by atoms with E-state index in [2.05, 4.69) is 71.7 Å². The van der Waals surface area contributed by atoms with Crippen molar-refractivity contribution in [3.63, 3.8) is 0 Å². The number of hydrogen-bond acceptors (Lipinski definition) is 2. The molecule has 0 N–H and O–H groups in total. The molecule has 0 unspecified atom stereocenters. The highest BCUT2D eigenvalue weighted by Crippen LogP contribution is 2.19. The van der Waals surface area contributed by atoms with Crippen LogP contribution in [0.3, 0.4) is 0 Å². The third kappa shape index (κ3) is 7.69. The van der Waals surface area contributed by atoms with Gasteiger partial charge in [-0.1, -0.05) is 74.5 Å². The molecule has 0 aromatic heterocycles. The number of rotatable bonds is 9. The van der Waals surface area contributed by atoms with Gasteiger partial charge in [-0.2, -0.15) is 4.40 Å². The van der Waals surface area contributed by atoms with E-state index >= 15 is 0 Å². The highest BCUT2D eigenvalue weighted by Gasteiger charge is 2.22. The van der Waals surface area contributed by atoms with Gasteiger partial charge in [0.1, 0.15) is 11.0 Å². The van der Waals surface area contributed by atoms with Crippen molar-refractivity contribution in [2.75, 3.05) is 0 Å². The van der Waals surface area contributed by atoms with Crippen LogP contribution in [0.4, 0.5) is 0 Å². The van der Waals surface area contributed by atoms with E-state index < -0.39 is 11.0 Å². The van der Waals surface area contributed by atoms with Crippen molar-refractivity contribution in [1.29, 1.82) is 0 Å². The van der Waals surface area contributed by atoms with Crippen LogP contribution in [-0.2, 0) is 24.1 Å². The van der Waals surface area contributed by atoms with Crippen LogP contribution in [0.1, 0.15) is 52.2 Å². The van der Waals surface area contributed by atoms with Gasteiger partial charge in [-0.3, -0.25) is 4.90 Å². The quantitative estimate of drug-likeness (QED) is 0.512. The summed E-state index contributed by atoms with van der Waals surface area (Å²) >= 11 is 0. The highest BCUT2D eigenvalue weighted by atomic mass is 32.2. The number of nitrogens with zero attached hydrogens (tertiary/aromatic N) is 2. The normalized spacial score (nSPS) is 14.7. The van der Waals surface area contributed by atoms with E-state index in [1.54, 1.807) is 0 Å². The summed E-state index contributed by atoms with van der Waals surface area (Å²) in [5, 5.41) is 0. The van der Waals surface area contributed by atoms with Crippen molar-refractivity contribution in [3.05, 3.63) is 71.8 Å². The lowest BCUT2D eigenvalue weighted by Gasteiger charge is -2.31. The van der Waals surface area contributed by atoms with Crippen molar-refractivity contribution in [1.82, 2.24) is 4.90 Å². The van der Waals surface area contributed by atoms with Crippen molar-refractivity contribution in [2.45, 2.75) is 64.9 Å². The van der Waals surface area contributed by atoms with Crippen molar-refractivity contribution in [2.24, 2.45) is 10.3 Å². The van der Waals surface area contributed by atoms with Crippen LogP contribution in [0, 0.1) is 5.92 Å². The van der Waals surface area contributed by atoms with Gasteiger partial charge in [0.05, 0.1) is 4.75 Å². The SMILES string of the molecule is CC(C)C[C@@H](/C=N/[S@](=O)C(C)(C)C)N(Cc1ccccc1)Cc1ccccc1. The molecular weight excluding hydrogens is 364 g/mol. The summed E-state index contributed by atoms with van der Waals surface area (Å²) in [6.45, 7) is 12.0. The first-order chi connectivity index (χ1) is 13.3. The first kappa shape index (κ1) is 22.5. The molecule has 28 heavy (non-hydrogen) atoms. The lowest BCUT2D eigenvalue weighted by molar-refractivity contribution is 0.205. The second kappa shape index (κ2) is 10.7. The Balaban J connectivity index is 2.30. The summed E-state index contributed by atoms with van der Waals surface area (Å²) in [5.41, 5.74) is 2.55. The molecule has 0 heterocycles. The van der Waals surface area contributed by atoms with E-state index in [-0.39, 0.29) is 10.8 Å². The lowest BCUT2D eigenvalue weighted by atomic mass is 10.0. The Morgan fingerprint density at radius 2 is 1.39 bits per heavy atom. The van der Waals surface area contributed by atoms with Crippen LogP contribution >= 0.6 is 0 Å². The fourth-order valence-corrected chi connectivity index (χ4v) is 3.56. The molecule has 2 aromatic carbocycles. The Labute approximate surface area is 173 Å². The molecule has 0 aliphatic heterocycles. The second-order valence-corrected chi connectivity index (χ2v) is 10.6. The van der Waals surface area contributed by atoms with Gasteiger partial charge in [-0.25, -0.2) is 4.21 Å². The molecule has 0 aliphatic carbocycles. The van der Waals surface area contributed by atoms with E-state index in [1.807, 2.05) is 39.1 Å². The maximum atomic E-state index is 12.5. The minimum Gasteiger partial charge on any atom is -0.287 e. The standard InChI is InChI=1S/C24H34N2OS/c1-20(2)16-23(17-25-28(27)24(3,4)5)26(18-21-12-8-6-9-13-21)19-22-14-10-7-11-15-22/h6-15,17,20,23H,16,18-19H2,1-5H3/b25-17+/t23-,28+/m0/s1. The summed E-state index contributed by atoms with van der Waals surface area (Å²) in [5.74, 6) is 0.522. The largest absolute Gasteiger partial charge is 0.287 e. The Morgan fingerprint density at radius 1 is 0.929 bits per heavy atom. The topological polar surface area (TPSA) is 32.7 Å². The summed E-state index contributed by atoms with van der Waals surface area (Å²) in [7, 11) is -1.24. The van der Waals surface area contributed by atoms with Crippen LogP contribution in [0.5, 0.6) is 0 Å². The fraction of sp³-hybridized carbons (Fsp3) is 0.458. The molecular formula is C24H34N2OS. The zero-order chi connectivity index (χ0) is 20.6. The molecule has 152 valence electrons. The maximum Gasteiger partial charge on any atom is 0.144 e. The smallest absolute Gasteiger partial charge is 0.144 e. The van der Waals surface area contributed by atoms with Gasteiger partial charge in [0.2, 0.25) is 0 Å². The summed E-state index contributed by atoms with van der Waals surface area (Å²) in [4.78, 5) is 2.44. The molecule has 0 fully saturated rings. The predicted octanol–water partition coefficient (Wildman–Crippen LogP) is 5.64. The Hall–Kier alpha value is -1.78. The molecule has 0 radical (unpaired) electrons. The van der Waals surface area contributed by atoms with Gasteiger partial charge in [-0.05, 0) is 44.2 Å². The molecule has 0 saturated heterocycles. The van der Waals surface area contributed by atoms with E-state index in [1.165, 1.54) is 11.1 Å². The van der Waals surface area contributed by atoms with Gasteiger partial charge in [0, 0.05) is 25.3 Å². The van der Waals surface area contributed by atoms with Crippen molar-refractivity contribution < 1.29 is 4.21 Å². The summed E-state index contributed by atoms with van der Waals surface area (Å²) < 4.78 is 16.6. The third-order valence-electron chi connectivity index (χ3n) is 4.49. The van der Waals surface area contributed by atoms with Gasteiger partial charge in [0.25, 0.3) is 0 Å². The van der Waals surface area contributed by atoms with E-state index in [4.69, 9.17) is 0 Å². The predicted molar refractivity (Wildman–Crippen MR) is 122 cm³/mol. The molecule has 2 aromatic rings. The molecule has 0 saturated carbocycles. The molecule has 0 bridgehead atoms. The summed E-state index contributed by atoms with van der Waals surface area (Å²) in [6, 6.07) is 21.2. The van der Waals surface area contributed by atoms with Crippen LogP contribution in [0.15, 0.2) is 65.1 Å². The van der Waals surface area contributed by atoms with Crippen LogP contribution < -0.4 is 0 Å². The van der Waals surface area contributed by atoms with Crippen LogP contribution in [0.25, 0.3) is 0 Å². The average molecular weight is 399 g/mol. The monoisotopic (exact) mass is 398 g/mol. The minimum atomic E-state index is -1.24. The van der Waals surface area contributed by atoms with Gasteiger partial charge < -0.3 is 0 Å². The summed E-state index contributed by atoms with van der Waals surface area (Å²) in [6.07, 6.45) is 2.90. The lowest BCUT2D eigenvalue weighted by Crippen LogP contribution is -2.37. The maximum absolute atomic E-state index is 12.5. The highest BCUT2D eigenvalue weighted by molar-refractivity contribution is 7.85. The first-order valence-electron chi connectivity index (χ1n) is 10.0. The van der Waals surface area contributed by atoms with E-state index in [9.17, 15) is 4.21 Å². The third-order valence-corrected chi connectivity index (χ3v) is 5.85. The van der Waals surface area contributed by atoms with Crippen molar-refractivity contribution in [3.8, 4) is 0 Å². The molecule has 2 rings (SSSR count).